The van der Waals surface area contributed by atoms with Crippen LogP contribution in [-0.2, 0) is 26.5 Å². The molecule has 4 rings (SSSR count). The van der Waals surface area contributed by atoms with E-state index in [1.165, 1.54) is 45.2 Å². The zero-order chi connectivity index (χ0) is 23.1. The van der Waals surface area contributed by atoms with E-state index in [1.54, 1.807) is 12.1 Å². The second-order valence-electron chi connectivity index (χ2n) is 8.41. The van der Waals surface area contributed by atoms with E-state index < -0.39 is 20.0 Å². The first-order valence-electron chi connectivity index (χ1n) is 10.6. The second kappa shape index (κ2) is 8.64. The Hall–Kier alpha value is -2.17. The highest BCUT2D eigenvalue weighted by atomic mass is 32.2. The van der Waals surface area contributed by atoms with Crippen LogP contribution in [0.5, 0.6) is 5.75 Å². The number of nitrogens with zero attached hydrogens (tertiary/aromatic N) is 2. The van der Waals surface area contributed by atoms with Gasteiger partial charge in [-0.25, -0.2) is 25.5 Å². The number of sulfonamides is 2. The lowest BCUT2D eigenvalue weighted by molar-refractivity contribution is 0.135. The average Bonchev–Trinajstić information content (AvgIpc) is 2.74. The second-order valence-corrected chi connectivity index (χ2v) is 12.2. The molecule has 7 nitrogen and oxygen atoms in total. The molecule has 32 heavy (non-hydrogen) atoms. The fourth-order valence-corrected chi connectivity index (χ4v) is 6.93. The number of piperidine rings is 1. The number of hydrogen-bond acceptors (Lipinski definition) is 5. The van der Waals surface area contributed by atoms with Crippen LogP contribution < -0.4 is 9.04 Å². The van der Waals surface area contributed by atoms with Crippen molar-refractivity contribution < 1.29 is 26.0 Å². The van der Waals surface area contributed by atoms with Gasteiger partial charge in [0.25, 0.3) is 10.0 Å². The van der Waals surface area contributed by atoms with Crippen LogP contribution in [0.2, 0.25) is 0 Å². The molecule has 0 radical (unpaired) electrons. The minimum atomic E-state index is -3.83. The van der Waals surface area contributed by atoms with Crippen molar-refractivity contribution in [2.75, 3.05) is 23.7 Å². The van der Waals surface area contributed by atoms with Crippen molar-refractivity contribution in [1.82, 2.24) is 4.31 Å². The average molecular weight is 483 g/mol. The van der Waals surface area contributed by atoms with Gasteiger partial charge in [-0.1, -0.05) is 0 Å². The number of rotatable bonds is 5. The van der Waals surface area contributed by atoms with Crippen LogP contribution >= 0.6 is 0 Å². The quantitative estimate of drug-likeness (QED) is 0.654. The maximum Gasteiger partial charge on any atom is 0.264 e. The summed E-state index contributed by atoms with van der Waals surface area (Å²) in [6.07, 6.45) is 3.47. The van der Waals surface area contributed by atoms with Gasteiger partial charge in [0.15, 0.2) is 0 Å². The molecular formula is C22H27FN2O5S2. The maximum atomic E-state index is 13.6. The topological polar surface area (TPSA) is 84.0 Å². The summed E-state index contributed by atoms with van der Waals surface area (Å²) in [4.78, 5) is 0.140. The Balaban J connectivity index is 1.50. The van der Waals surface area contributed by atoms with E-state index >= 15 is 0 Å². The van der Waals surface area contributed by atoms with Crippen LogP contribution in [0.4, 0.5) is 10.1 Å². The lowest BCUT2D eigenvalue weighted by Crippen LogP contribution is -2.42. The molecule has 1 saturated heterocycles. The molecule has 0 saturated carbocycles. The smallest absolute Gasteiger partial charge is 0.264 e. The van der Waals surface area contributed by atoms with Crippen molar-refractivity contribution in [2.45, 2.75) is 49.6 Å². The zero-order valence-corrected chi connectivity index (χ0v) is 19.7. The summed E-state index contributed by atoms with van der Waals surface area (Å²) in [6, 6.07) is 10.2. The predicted molar refractivity (Wildman–Crippen MR) is 120 cm³/mol. The number of hydrogen-bond donors (Lipinski definition) is 0. The maximum absolute atomic E-state index is 13.6. The molecule has 2 heterocycles. The van der Waals surface area contributed by atoms with Gasteiger partial charge in [0.1, 0.15) is 17.7 Å². The molecule has 1 fully saturated rings. The molecule has 10 heteroatoms. The predicted octanol–water partition coefficient (Wildman–Crippen LogP) is 3.16. The molecule has 1 unspecified atom stereocenters. The normalized spacial score (nSPS) is 20.7. The Morgan fingerprint density at radius 3 is 2.25 bits per heavy atom. The molecule has 0 N–H and O–H groups in total. The number of benzene rings is 2. The van der Waals surface area contributed by atoms with Crippen molar-refractivity contribution in [3.63, 3.8) is 0 Å². The van der Waals surface area contributed by atoms with E-state index in [4.69, 9.17) is 4.74 Å². The SMILES string of the molecule is CC1CCc2cc(F)ccc2N1S(=O)(=O)c1ccc(OC2CCN(S(C)(=O)=O)CC2)cc1. The largest absolute Gasteiger partial charge is 0.490 e. The molecule has 2 aromatic rings. The number of aryl methyl sites for hydroxylation is 1. The molecule has 2 aliphatic heterocycles. The van der Waals surface area contributed by atoms with E-state index in [1.807, 2.05) is 6.92 Å². The standard InChI is InChI=1S/C22H27FN2O5S2/c1-16-3-4-17-15-18(23)5-10-22(17)25(16)32(28,29)21-8-6-19(7-9-21)30-20-11-13-24(14-12-20)31(2,26)27/h5-10,15-16,20H,3-4,11-14H2,1-2H3. The van der Waals surface area contributed by atoms with Gasteiger partial charge in [-0.3, -0.25) is 4.31 Å². The van der Waals surface area contributed by atoms with Gasteiger partial charge in [-0.2, -0.15) is 0 Å². The van der Waals surface area contributed by atoms with Crippen molar-refractivity contribution in [2.24, 2.45) is 0 Å². The summed E-state index contributed by atoms with van der Waals surface area (Å²) >= 11 is 0. The van der Waals surface area contributed by atoms with Crippen molar-refractivity contribution >= 4 is 25.7 Å². The zero-order valence-electron chi connectivity index (χ0n) is 18.1. The third kappa shape index (κ3) is 4.62. The number of fused-ring (bicyclic) bond motifs is 1. The highest BCUT2D eigenvalue weighted by Crippen LogP contribution is 2.36. The third-order valence-electron chi connectivity index (χ3n) is 6.06. The van der Waals surface area contributed by atoms with Crippen LogP contribution in [-0.4, -0.2) is 52.6 Å². The summed E-state index contributed by atoms with van der Waals surface area (Å²) < 4.78 is 72.5. The van der Waals surface area contributed by atoms with Crippen molar-refractivity contribution in [3.8, 4) is 5.75 Å². The van der Waals surface area contributed by atoms with Gasteiger partial charge in [0.2, 0.25) is 10.0 Å². The number of anilines is 1. The first-order valence-corrected chi connectivity index (χ1v) is 13.9. The van der Waals surface area contributed by atoms with Gasteiger partial charge in [-0.15, -0.1) is 0 Å². The Bertz CT molecular complexity index is 1190. The first kappa shape index (κ1) is 23.0. The summed E-state index contributed by atoms with van der Waals surface area (Å²) in [7, 11) is -7.03. The van der Waals surface area contributed by atoms with Gasteiger partial charge in [0, 0.05) is 19.1 Å². The third-order valence-corrected chi connectivity index (χ3v) is 9.31. The van der Waals surface area contributed by atoms with E-state index in [9.17, 15) is 21.2 Å². The van der Waals surface area contributed by atoms with Gasteiger partial charge in [0.05, 0.1) is 16.8 Å². The summed E-state index contributed by atoms with van der Waals surface area (Å²) in [5, 5.41) is 0. The van der Waals surface area contributed by atoms with E-state index in [0.29, 0.717) is 55.8 Å². The van der Waals surface area contributed by atoms with Crippen molar-refractivity contribution in [3.05, 3.63) is 53.8 Å². The molecule has 0 spiro atoms. The molecule has 0 bridgehead atoms. The number of halogens is 1. The van der Waals surface area contributed by atoms with Gasteiger partial charge in [-0.05, 0) is 80.6 Å². The monoisotopic (exact) mass is 482 g/mol. The van der Waals surface area contributed by atoms with Crippen LogP contribution in [0.15, 0.2) is 47.4 Å². The Morgan fingerprint density at radius 2 is 1.62 bits per heavy atom. The molecule has 0 aliphatic carbocycles. The van der Waals surface area contributed by atoms with Crippen LogP contribution in [0.25, 0.3) is 0 Å². The number of ether oxygens (including phenoxy) is 1. The van der Waals surface area contributed by atoms with E-state index in [-0.39, 0.29) is 22.9 Å². The van der Waals surface area contributed by atoms with Crippen LogP contribution in [0.3, 0.4) is 0 Å². The molecule has 0 amide bonds. The summed E-state index contributed by atoms with van der Waals surface area (Å²) in [5.41, 5.74) is 1.20. The minimum Gasteiger partial charge on any atom is -0.490 e. The molecule has 2 aliphatic rings. The molecule has 2 aromatic carbocycles. The van der Waals surface area contributed by atoms with Crippen LogP contribution in [0.1, 0.15) is 31.7 Å². The van der Waals surface area contributed by atoms with Gasteiger partial charge < -0.3 is 4.74 Å². The summed E-state index contributed by atoms with van der Waals surface area (Å²) in [5.74, 6) is 0.162. The Morgan fingerprint density at radius 1 is 0.969 bits per heavy atom. The minimum absolute atomic E-state index is 0.126. The van der Waals surface area contributed by atoms with E-state index in [0.717, 1.165) is 0 Å². The van der Waals surface area contributed by atoms with E-state index in [2.05, 4.69) is 0 Å². The molecular weight excluding hydrogens is 455 g/mol. The lowest BCUT2D eigenvalue weighted by Gasteiger charge is -2.36. The Kier molecular flexibility index (Phi) is 6.21. The highest BCUT2D eigenvalue weighted by molar-refractivity contribution is 7.92. The van der Waals surface area contributed by atoms with Crippen molar-refractivity contribution in [1.29, 1.82) is 0 Å². The Labute approximate surface area is 188 Å². The highest BCUT2D eigenvalue weighted by Gasteiger charge is 2.34. The first-order chi connectivity index (χ1) is 15.1. The van der Waals surface area contributed by atoms with Crippen LogP contribution in [0, 0.1) is 5.82 Å². The molecule has 174 valence electrons. The summed E-state index contributed by atoms with van der Waals surface area (Å²) in [6.45, 7) is 2.66. The fraction of sp³-hybridized carbons (Fsp3) is 0.455. The fourth-order valence-electron chi connectivity index (χ4n) is 4.33. The lowest BCUT2D eigenvalue weighted by atomic mass is 9.99. The van der Waals surface area contributed by atoms with Gasteiger partial charge >= 0.3 is 0 Å². The molecule has 1 atom stereocenters. The molecule has 0 aromatic heterocycles.